The smallest absolute Gasteiger partial charge is 0.387 e. The van der Waals surface area contributed by atoms with E-state index in [2.05, 4.69) is 25.1 Å². The number of guanidine groups is 1. The Morgan fingerprint density at radius 3 is 2.47 bits per heavy atom. The molecular weight excluding hydrogens is 414 g/mol. The van der Waals surface area contributed by atoms with Gasteiger partial charge in [0.05, 0.1) is 12.3 Å². The van der Waals surface area contributed by atoms with Gasteiger partial charge in [-0.2, -0.15) is 8.78 Å². The number of benzene rings is 2. The highest BCUT2D eigenvalue weighted by Gasteiger charge is 2.11. The maximum atomic E-state index is 12.5. The van der Waals surface area contributed by atoms with Crippen LogP contribution >= 0.6 is 0 Å². The lowest BCUT2D eigenvalue weighted by atomic mass is 10.2. The normalized spacial score (nSPS) is 12.1. The molecule has 3 N–H and O–H groups in total. The Balaban J connectivity index is 1.89. The molecule has 0 unspecified atom stereocenters. The maximum absolute atomic E-state index is 12.5. The van der Waals surface area contributed by atoms with E-state index >= 15 is 0 Å². The van der Waals surface area contributed by atoms with Crippen LogP contribution in [0.3, 0.4) is 0 Å². The van der Waals surface area contributed by atoms with Gasteiger partial charge in [0.2, 0.25) is 10.0 Å². The predicted octanol–water partition coefficient (Wildman–Crippen LogP) is 2.46. The first-order chi connectivity index (χ1) is 14.4. The summed E-state index contributed by atoms with van der Waals surface area (Å²) in [6, 6.07) is 15.6. The third-order valence-electron chi connectivity index (χ3n) is 3.94. The van der Waals surface area contributed by atoms with Gasteiger partial charge in [0.1, 0.15) is 5.75 Å². The minimum absolute atomic E-state index is 0.0554. The number of hydrogen-bond acceptors (Lipinski definition) is 4. The zero-order chi connectivity index (χ0) is 21.8. The van der Waals surface area contributed by atoms with Crippen LogP contribution in [0.5, 0.6) is 5.75 Å². The van der Waals surface area contributed by atoms with E-state index in [1.807, 2.05) is 37.3 Å². The third-order valence-corrected chi connectivity index (χ3v) is 5.27. The van der Waals surface area contributed by atoms with Gasteiger partial charge in [-0.1, -0.05) is 48.5 Å². The van der Waals surface area contributed by atoms with Crippen molar-refractivity contribution in [3.8, 4) is 5.75 Å². The summed E-state index contributed by atoms with van der Waals surface area (Å²) < 4.78 is 56.4. The zero-order valence-corrected chi connectivity index (χ0v) is 17.5. The second kappa shape index (κ2) is 12.1. The fourth-order valence-electron chi connectivity index (χ4n) is 2.52. The summed E-state index contributed by atoms with van der Waals surface area (Å²) in [6.45, 7) is -0.0563. The second-order valence-electron chi connectivity index (χ2n) is 6.23. The molecule has 2 rings (SSSR count). The molecule has 0 bridgehead atoms. The standard InChI is InChI=1S/C20H26F2N4O3S/c1-2-23-20(25-15-17-10-6-7-11-18(17)29-19(21)22)24-12-13-30(27,28)26-14-16-8-4-3-5-9-16/h3-11,19,26H,2,12-15H2,1H3,(H2,23,24,25). The van der Waals surface area contributed by atoms with Gasteiger partial charge in [-0.25, -0.2) is 18.1 Å². The Kier molecular flexibility index (Phi) is 9.49. The van der Waals surface area contributed by atoms with Gasteiger partial charge in [-0.15, -0.1) is 0 Å². The number of hydrogen-bond donors (Lipinski definition) is 3. The highest BCUT2D eigenvalue weighted by atomic mass is 32.2. The first kappa shape index (κ1) is 23.6. The van der Waals surface area contributed by atoms with Gasteiger partial charge in [-0.3, -0.25) is 0 Å². The SMILES string of the molecule is CCNC(=NCc1ccccc1OC(F)F)NCCS(=O)(=O)NCc1ccccc1. The van der Waals surface area contributed by atoms with Crippen molar-refractivity contribution in [2.24, 2.45) is 4.99 Å². The van der Waals surface area contributed by atoms with E-state index in [1.165, 1.54) is 6.07 Å². The quantitative estimate of drug-likeness (QED) is 0.369. The molecular formula is C20H26F2N4O3S. The van der Waals surface area contributed by atoms with E-state index in [1.54, 1.807) is 18.2 Å². The van der Waals surface area contributed by atoms with Gasteiger partial charge in [-0.05, 0) is 18.6 Å². The van der Waals surface area contributed by atoms with E-state index < -0.39 is 16.6 Å². The molecule has 2 aromatic rings. The lowest BCUT2D eigenvalue weighted by Crippen LogP contribution is -2.41. The minimum Gasteiger partial charge on any atom is -0.434 e. The molecule has 0 saturated heterocycles. The molecule has 7 nitrogen and oxygen atoms in total. The van der Waals surface area contributed by atoms with Crippen LogP contribution in [0.4, 0.5) is 8.78 Å². The van der Waals surface area contributed by atoms with Crippen LogP contribution in [0.1, 0.15) is 18.1 Å². The van der Waals surface area contributed by atoms with Crippen LogP contribution in [0.25, 0.3) is 0 Å². The van der Waals surface area contributed by atoms with Crippen molar-refractivity contribution >= 4 is 16.0 Å². The predicted molar refractivity (Wildman–Crippen MR) is 113 cm³/mol. The molecule has 0 atom stereocenters. The fourth-order valence-corrected chi connectivity index (χ4v) is 3.42. The van der Waals surface area contributed by atoms with E-state index in [-0.39, 0.29) is 31.1 Å². The summed E-state index contributed by atoms with van der Waals surface area (Å²) in [6.07, 6.45) is 0. The summed E-state index contributed by atoms with van der Waals surface area (Å²) in [5.41, 5.74) is 1.36. The number of rotatable bonds is 11. The Morgan fingerprint density at radius 2 is 1.77 bits per heavy atom. The molecule has 0 aliphatic rings. The Labute approximate surface area is 175 Å². The Morgan fingerprint density at radius 1 is 1.07 bits per heavy atom. The number of sulfonamides is 1. The first-order valence-electron chi connectivity index (χ1n) is 9.46. The number of nitrogens with one attached hydrogen (secondary N) is 3. The monoisotopic (exact) mass is 440 g/mol. The second-order valence-corrected chi connectivity index (χ2v) is 8.16. The molecule has 0 aliphatic carbocycles. The number of alkyl halides is 2. The van der Waals surface area contributed by atoms with Crippen LogP contribution in [-0.4, -0.2) is 39.8 Å². The van der Waals surface area contributed by atoms with Crippen LogP contribution in [0.2, 0.25) is 0 Å². The van der Waals surface area contributed by atoms with E-state index in [4.69, 9.17) is 0 Å². The number of ether oxygens (including phenoxy) is 1. The molecule has 0 amide bonds. The van der Waals surface area contributed by atoms with Crippen molar-refractivity contribution in [3.63, 3.8) is 0 Å². The van der Waals surface area contributed by atoms with Gasteiger partial charge >= 0.3 is 6.61 Å². The summed E-state index contributed by atoms with van der Waals surface area (Å²) in [5, 5.41) is 5.93. The molecule has 0 radical (unpaired) electrons. The van der Waals surface area contributed by atoms with Crippen molar-refractivity contribution in [2.45, 2.75) is 26.6 Å². The Bertz CT molecular complexity index is 909. The van der Waals surface area contributed by atoms with Crippen molar-refractivity contribution < 1.29 is 21.9 Å². The largest absolute Gasteiger partial charge is 0.434 e. The fraction of sp³-hybridized carbons (Fsp3) is 0.350. The van der Waals surface area contributed by atoms with Gasteiger partial charge in [0, 0.05) is 25.2 Å². The summed E-state index contributed by atoms with van der Waals surface area (Å²) in [7, 11) is -3.48. The molecule has 0 aromatic heterocycles. The van der Waals surface area contributed by atoms with E-state index in [9.17, 15) is 17.2 Å². The minimum atomic E-state index is -3.48. The highest BCUT2D eigenvalue weighted by Crippen LogP contribution is 2.20. The van der Waals surface area contributed by atoms with Gasteiger partial charge in [0.25, 0.3) is 0 Å². The molecule has 0 saturated carbocycles. The van der Waals surface area contributed by atoms with Crippen molar-refractivity contribution in [1.29, 1.82) is 0 Å². The molecule has 0 heterocycles. The number of halogens is 2. The molecule has 2 aromatic carbocycles. The summed E-state index contributed by atoms with van der Waals surface area (Å²) >= 11 is 0. The van der Waals surface area contributed by atoms with Crippen LogP contribution in [-0.2, 0) is 23.1 Å². The highest BCUT2D eigenvalue weighted by molar-refractivity contribution is 7.89. The van der Waals surface area contributed by atoms with E-state index in [0.717, 1.165) is 5.56 Å². The number of para-hydroxylation sites is 1. The van der Waals surface area contributed by atoms with Gasteiger partial charge in [0.15, 0.2) is 5.96 Å². The zero-order valence-electron chi connectivity index (χ0n) is 16.6. The molecule has 164 valence electrons. The molecule has 0 fully saturated rings. The topological polar surface area (TPSA) is 91.8 Å². The molecule has 30 heavy (non-hydrogen) atoms. The van der Waals surface area contributed by atoms with Crippen LogP contribution in [0, 0.1) is 0 Å². The molecule has 10 heteroatoms. The lowest BCUT2D eigenvalue weighted by Gasteiger charge is -2.13. The molecule has 0 aliphatic heterocycles. The van der Waals surface area contributed by atoms with Crippen LogP contribution in [0.15, 0.2) is 59.6 Å². The average Bonchev–Trinajstić information content (AvgIpc) is 2.72. The van der Waals surface area contributed by atoms with Crippen molar-refractivity contribution in [2.75, 3.05) is 18.8 Å². The number of nitrogens with zero attached hydrogens (tertiary/aromatic N) is 1. The number of aliphatic imine (C=N–C) groups is 1. The molecule has 0 spiro atoms. The summed E-state index contributed by atoms with van der Waals surface area (Å²) in [4.78, 5) is 4.32. The van der Waals surface area contributed by atoms with Crippen LogP contribution < -0.4 is 20.1 Å². The van der Waals surface area contributed by atoms with Crippen molar-refractivity contribution in [1.82, 2.24) is 15.4 Å². The first-order valence-corrected chi connectivity index (χ1v) is 11.1. The van der Waals surface area contributed by atoms with Crippen molar-refractivity contribution in [3.05, 3.63) is 65.7 Å². The lowest BCUT2D eigenvalue weighted by molar-refractivity contribution is -0.0504. The third kappa shape index (κ3) is 8.75. The Hall–Kier alpha value is -2.72. The van der Waals surface area contributed by atoms with Gasteiger partial charge < -0.3 is 15.4 Å². The van der Waals surface area contributed by atoms with E-state index in [0.29, 0.717) is 18.1 Å². The maximum Gasteiger partial charge on any atom is 0.387 e. The average molecular weight is 441 g/mol. The summed E-state index contributed by atoms with van der Waals surface area (Å²) in [5.74, 6) is 0.289.